The molecule has 2 aromatic carbocycles. The van der Waals surface area contributed by atoms with Crippen LogP contribution >= 0.6 is 0 Å². The van der Waals surface area contributed by atoms with Crippen molar-refractivity contribution in [2.75, 3.05) is 6.54 Å². The van der Waals surface area contributed by atoms with Crippen LogP contribution in [0.3, 0.4) is 0 Å². The van der Waals surface area contributed by atoms with Crippen LogP contribution in [-0.4, -0.2) is 33.2 Å². The molecule has 2 heterocycles. The number of carbonyl (C=O) groups is 1. The Morgan fingerprint density at radius 2 is 1.91 bits per heavy atom. The Labute approximate surface area is 193 Å². The molecule has 5 nitrogen and oxygen atoms in total. The van der Waals surface area contributed by atoms with Gasteiger partial charge in [0.25, 0.3) is 5.91 Å². The van der Waals surface area contributed by atoms with E-state index in [0.29, 0.717) is 18.7 Å². The van der Waals surface area contributed by atoms with Crippen LogP contribution in [0.15, 0.2) is 65.6 Å². The molecule has 33 heavy (non-hydrogen) atoms. The van der Waals surface area contributed by atoms with Crippen molar-refractivity contribution in [3.05, 3.63) is 99.2 Å². The quantitative estimate of drug-likeness (QED) is 0.546. The second kappa shape index (κ2) is 9.69. The van der Waals surface area contributed by atoms with Gasteiger partial charge in [-0.15, -0.1) is 0 Å². The highest BCUT2D eigenvalue weighted by Crippen LogP contribution is 2.34. The number of carbonyl (C=O) groups excluding carboxylic acids is 1. The third kappa shape index (κ3) is 4.90. The number of nitrogens with zero attached hydrogens (tertiary/aromatic N) is 3. The first-order valence-corrected chi connectivity index (χ1v) is 11.5. The van der Waals surface area contributed by atoms with Crippen molar-refractivity contribution in [2.45, 2.75) is 52.1 Å². The molecule has 0 aliphatic carbocycles. The Morgan fingerprint density at radius 3 is 2.64 bits per heavy atom. The zero-order valence-electron chi connectivity index (χ0n) is 19.4. The summed E-state index contributed by atoms with van der Waals surface area (Å²) >= 11 is 0. The SMILES string of the molecule is Cc1cn(Cc2ccccc2)nc(C(=O)N2CCC[C@H]2[C@H](C)[C@H](C)c2cccc(F)c2)c1=O. The van der Waals surface area contributed by atoms with Crippen molar-refractivity contribution in [1.82, 2.24) is 14.7 Å². The van der Waals surface area contributed by atoms with E-state index in [4.69, 9.17) is 0 Å². The van der Waals surface area contributed by atoms with E-state index in [1.54, 1.807) is 34.8 Å². The number of hydrogen-bond donors (Lipinski definition) is 0. The van der Waals surface area contributed by atoms with Crippen LogP contribution in [0.2, 0.25) is 0 Å². The summed E-state index contributed by atoms with van der Waals surface area (Å²) in [4.78, 5) is 28.2. The summed E-state index contributed by atoms with van der Waals surface area (Å²) in [7, 11) is 0. The molecule has 3 atom stereocenters. The lowest BCUT2D eigenvalue weighted by atomic mass is 9.83. The Bertz CT molecular complexity index is 1190. The van der Waals surface area contributed by atoms with E-state index in [2.05, 4.69) is 18.9 Å². The predicted octanol–water partition coefficient (Wildman–Crippen LogP) is 4.78. The first-order chi connectivity index (χ1) is 15.8. The van der Waals surface area contributed by atoms with Gasteiger partial charge in [0.1, 0.15) is 5.82 Å². The van der Waals surface area contributed by atoms with Crippen molar-refractivity contribution < 1.29 is 9.18 Å². The molecule has 4 rings (SSSR count). The predicted molar refractivity (Wildman–Crippen MR) is 127 cm³/mol. The summed E-state index contributed by atoms with van der Waals surface area (Å²) in [6.07, 6.45) is 3.43. The molecule has 0 bridgehead atoms. The summed E-state index contributed by atoms with van der Waals surface area (Å²) in [5, 5.41) is 4.44. The molecule has 1 amide bonds. The number of hydrogen-bond acceptors (Lipinski definition) is 3. The molecule has 6 heteroatoms. The minimum absolute atomic E-state index is 0.0246. The number of likely N-dealkylation sites (tertiary alicyclic amines) is 1. The van der Waals surface area contributed by atoms with Crippen molar-refractivity contribution >= 4 is 5.91 Å². The first-order valence-electron chi connectivity index (χ1n) is 11.5. The largest absolute Gasteiger partial charge is 0.334 e. The number of aryl methyl sites for hydroxylation is 1. The Balaban J connectivity index is 1.59. The maximum atomic E-state index is 13.8. The molecule has 1 fully saturated rings. The highest BCUT2D eigenvalue weighted by atomic mass is 19.1. The van der Waals surface area contributed by atoms with Crippen molar-refractivity contribution in [3.8, 4) is 0 Å². The van der Waals surface area contributed by atoms with Gasteiger partial charge in [0.2, 0.25) is 5.43 Å². The fourth-order valence-corrected chi connectivity index (χ4v) is 4.82. The van der Waals surface area contributed by atoms with Gasteiger partial charge < -0.3 is 4.90 Å². The molecular weight excluding hydrogens is 417 g/mol. The van der Waals surface area contributed by atoms with Crippen LogP contribution in [0.4, 0.5) is 4.39 Å². The highest BCUT2D eigenvalue weighted by molar-refractivity contribution is 5.92. The molecular formula is C27H30FN3O2. The lowest BCUT2D eigenvalue weighted by Crippen LogP contribution is -2.43. The van der Waals surface area contributed by atoms with Gasteiger partial charge in [-0.2, -0.15) is 5.10 Å². The van der Waals surface area contributed by atoms with Crippen molar-refractivity contribution in [1.29, 1.82) is 0 Å². The third-order valence-electron chi connectivity index (χ3n) is 6.86. The van der Waals surface area contributed by atoms with Gasteiger partial charge >= 0.3 is 0 Å². The Hall–Kier alpha value is -3.28. The summed E-state index contributed by atoms with van der Waals surface area (Å²) in [6.45, 7) is 6.97. The topological polar surface area (TPSA) is 55.2 Å². The minimum atomic E-state index is -0.319. The summed E-state index contributed by atoms with van der Waals surface area (Å²) in [5.41, 5.74) is 2.12. The average Bonchev–Trinajstić information content (AvgIpc) is 3.30. The summed E-state index contributed by atoms with van der Waals surface area (Å²) < 4.78 is 15.4. The van der Waals surface area contributed by atoms with Crippen LogP contribution in [0.5, 0.6) is 0 Å². The molecule has 0 radical (unpaired) electrons. The van der Waals surface area contributed by atoms with E-state index in [1.807, 2.05) is 36.4 Å². The van der Waals surface area contributed by atoms with Gasteiger partial charge in [-0.05, 0) is 54.9 Å². The van der Waals surface area contributed by atoms with Gasteiger partial charge in [0, 0.05) is 24.3 Å². The van der Waals surface area contributed by atoms with Crippen LogP contribution in [-0.2, 0) is 6.54 Å². The molecule has 1 saturated heterocycles. The second-order valence-corrected chi connectivity index (χ2v) is 9.08. The fraction of sp³-hybridized carbons (Fsp3) is 0.370. The lowest BCUT2D eigenvalue weighted by molar-refractivity contribution is 0.0673. The number of aromatic nitrogens is 2. The first kappa shape index (κ1) is 22.9. The van der Waals surface area contributed by atoms with E-state index < -0.39 is 0 Å². The van der Waals surface area contributed by atoms with Crippen LogP contribution in [0.25, 0.3) is 0 Å². The second-order valence-electron chi connectivity index (χ2n) is 9.08. The molecule has 0 spiro atoms. The van der Waals surface area contributed by atoms with Crippen molar-refractivity contribution in [2.24, 2.45) is 5.92 Å². The van der Waals surface area contributed by atoms with E-state index >= 15 is 0 Å². The monoisotopic (exact) mass is 447 g/mol. The molecule has 1 aliphatic rings. The van der Waals surface area contributed by atoms with Gasteiger partial charge in [0.15, 0.2) is 5.69 Å². The number of rotatable bonds is 6. The molecule has 3 aromatic rings. The Kier molecular flexibility index (Phi) is 6.72. The standard InChI is InChI=1S/C27H30FN3O2/c1-18-16-30(17-21-9-5-4-6-10-21)29-25(26(18)32)27(33)31-14-8-13-24(31)20(3)19(2)22-11-7-12-23(28)15-22/h4-7,9-12,15-16,19-20,24H,8,13-14,17H2,1-3H3/t19-,20+,24-/m0/s1. The van der Waals surface area contributed by atoms with E-state index in [-0.39, 0.29) is 40.7 Å². The highest BCUT2D eigenvalue weighted by Gasteiger charge is 2.37. The maximum absolute atomic E-state index is 13.8. The van der Waals surface area contributed by atoms with Gasteiger partial charge in [-0.1, -0.05) is 56.3 Å². The molecule has 172 valence electrons. The minimum Gasteiger partial charge on any atom is -0.334 e. The van der Waals surface area contributed by atoms with Gasteiger partial charge in [-0.3, -0.25) is 14.3 Å². The molecule has 0 unspecified atom stereocenters. The van der Waals surface area contributed by atoms with Crippen LogP contribution in [0.1, 0.15) is 59.8 Å². The van der Waals surface area contributed by atoms with Crippen LogP contribution < -0.4 is 5.43 Å². The molecule has 0 N–H and O–H groups in total. The van der Waals surface area contributed by atoms with E-state index in [9.17, 15) is 14.0 Å². The van der Waals surface area contributed by atoms with Gasteiger partial charge in [-0.25, -0.2) is 4.39 Å². The molecule has 1 aliphatic heterocycles. The van der Waals surface area contributed by atoms with E-state index in [1.165, 1.54) is 6.07 Å². The van der Waals surface area contributed by atoms with E-state index in [0.717, 1.165) is 24.0 Å². The number of amides is 1. The lowest BCUT2D eigenvalue weighted by Gasteiger charge is -2.33. The zero-order valence-corrected chi connectivity index (χ0v) is 19.4. The van der Waals surface area contributed by atoms with Crippen LogP contribution in [0, 0.1) is 18.7 Å². The van der Waals surface area contributed by atoms with Gasteiger partial charge in [0.05, 0.1) is 6.54 Å². The third-order valence-corrected chi connectivity index (χ3v) is 6.86. The smallest absolute Gasteiger partial charge is 0.278 e. The zero-order chi connectivity index (χ0) is 23.5. The number of halogens is 1. The summed E-state index contributed by atoms with van der Waals surface area (Å²) in [5.74, 6) is -0.394. The molecule has 1 aromatic heterocycles. The Morgan fingerprint density at radius 1 is 1.15 bits per heavy atom. The normalized spacial score (nSPS) is 17.7. The fourth-order valence-electron chi connectivity index (χ4n) is 4.82. The maximum Gasteiger partial charge on any atom is 0.278 e. The summed E-state index contributed by atoms with van der Waals surface area (Å²) in [6, 6.07) is 16.4. The molecule has 0 saturated carbocycles. The number of benzene rings is 2. The average molecular weight is 448 g/mol. The van der Waals surface area contributed by atoms with Crippen molar-refractivity contribution in [3.63, 3.8) is 0 Å².